The first-order chi connectivity index (χ1) is 14.5. The zero-order valence-electron chi connectivity index (χ0n) is 16.6. The molecule has 0 spiro atoms. The first kappa shape index (κ1) is 21.5. The summed E-state index contributed by atoms with van der Waals surface area (Å²) in [6, 6.07) is 19.7. The Hall–Kier alpha value is -3.23. The summed E-state index contributed by atoms with van der Waals surface area (Å²) in [5, 5.41) is 5.52. The molecule has 1 aromatic heterocycles. The Morgan fingerprint density at radius 3 is 2.47 bits per heavy atom. The normalized spacial score (nSPS) is 11.6. The van der Waals surface area contributed by atoms with Gasteiger partial charge in [0, 0.05) is 30.1 Å². The van der Waals surface area contributed by atoms with Crippen LogP contribution in [0.2, 0.25) is 0 Å². The van der Waals surface area contributed by atoms with Gasteiger partial charge in [-0.2, -0.15) is 5.10 Å². The average molecular weight is 426 g/mol. The molecular weight excluding hydrogens is 402 g/mol. The van der Waals surface area contributed by atoms with Gasteiger partial charge in [-0.25, -0.2) is 17.8 Å². The van der Waals surface area contributed by atoms with Gasteiger partial charge in [-0.05, 0) is 48.4 Å². The number of sulfonamides is 1. The first-order valence-corrected chi connectivity index (χ1v) is 11.0. The largest absolute Gasteiger partial charge is 0.497 e. The highest BCUT2D eigenvalue weighted by molar-refractivity contribution is 7.92. The predicted octanol–water partition coefficient (Wildman–Crippen LogP) is 2.90. The second-order valence-electron chi connectivity index (χ2n) is 6.51. The van der Waals surface area contributed by atoms with Gasteiger partial charge in [-0.15, -0.1) is 0 Å². The molecule has 0 bridgehead atoms. The molecule has 0 aliphatic rings. The fourth-order valence-electron chi connectivity index (χ4n) is 2.75. The molecule has 3 rings (SSSR count). The van der Waals surface area contributed by atoms with Gasteiger partial charge in [-0.3, -0.25) is 4.79 Å². The maximum Gasteiger partial charge on any atom is 0.266 e. The molecule has 0 aliphatic carbocycles. The summed E-state index contributed by atoms with van der Waals surface area (Å²) >= 11 is 0. The Morgan fingerprint density at radius 2 is 1.77 bits per heavy atom. The van der Waals surface area contributed by atoms with Crippen molar-refractivity contribution in [3.05, 3.63) is 88.1 Å². The van der Waals surface area contributed by atoms with E-state index in [1.54, 1.807) is 13.2 Å². The van der Waals surface area contributed by atoms with Gasteiger partial charge in [0.05, 0.1) is 12.8 Å². The molecule has 7 nitrogen and oxygen atoms in total. The van der Waals surface area contributed by atoms with Crippen LogP contribution < -0.4 is 15.0 Å². The summed E-state index contributed by atoms with van der Waals surface area (Å²) in [6.07, 6.45) is 1.96. The number of hydrogen-bond acceptors (Lipinski definition) is 5. The lowest BCUT2D eigenvalue weighted by Gasteiger charge is -2.08. The molecule has 0 unspecified atom stereocenters. The van der Waals surface area contributed by atoms with Crippen molar-refractivity contribution in [3.8, 4) is 17.0 Å². The molecule has 0 amide bonds. The minimum absolute atomic E-state index is 0.197. The summed E-state index contributed by atoms with van der Waals surface area (Å²) in [6.45, 7) is 0.496. The average Bonchev–Trinajstić information content (AvgIpc) is 2.77. The van der Waals surface area contributed by atoms with Crippen LogP contribution in [-0.4, -0.2) is 31.9 Å². The third kappa shape index (κ3) is 6.13. The lowest BCUT2D eigenvalue weighted by molar-refractivity contribution is 0.415. The van der Waals surface area contributed by atoms with Crippen LogP contribution in [0, 0.1) is 0 Å². The summed E-state index contributed by atoms with van der Waals surface area (Å²) < 4.78 is 33.2. The molecule has 3 aromatic rings. The van der Waals surface area contributed by atoms with Crippen molar-refractivity contribution in [2.45, 2.75) is 13.0 Å². The molecule has 30 heavy (non-hydrogen) atoms. The molecule has 2 aromatic carbocycles. The molecule has 0 atom stereocenters. The summed E-state index contributed by atoms with van der Waals surface area (Å²) in [4.78, 5) is 12.1. The summed E-state index contributed by atoms with van der Waals surface area (Å²) in [5.41, 5.74) is 2.08. The van der Waals surface area contributed by atoms with Gasteiger partial charge in [0.2, 0.25) is 10.0 Å². The maximum atomic E-state index is 12.1. The minimum atomic E-state index is -3.55. The van der Waals surface area contributed by atoms with Gasteiger partial charge in [0.1, 0.15) is 5.75 Å². The molecule has 0 radical (unpaired) electrons. The number of hydrogen-bond donors (Lipinski definition) is 1. The van der Waals surface area contributed by atoms with E-state index in [1.165, 1.54) is 16.8 Å². The van der Waals surface area contributed by atoms with Crippen molar-refractivity contribution in [1.82, 2.24) is 14.5 Å². The van der Waals surface area contributed by atoms with Crippen molar-refractivity contribution < 1.29 is 13.2 Å². The van der Waals surface area contributed by atoms with Gasteiger partial charge in [0.15, 0.2) is 0 Å². The number of methoxy groups -OCH3 is 1. The molecule has 1 heterocycles. The number of ether oxygens (including phenoxy) is 1. The van der Waals surface area contributed by atoms with Crippen LogP contribution in [0.15, 0.2) is 76.9 Å². The monoisotopic (exact) mass is 425 g/mol. The molecule has 0 saturated carbocycles. The van der Waals surface area contributed by atoms with E-state index in [-0.39, 0.29) is 12.1 Å². The van der Waals surface area contributed by atoms with Crippen LogP contribution in [0.5, 0.6) is 5.75 Å². The van der Waals surface area contributed by atoms with E-state index >= 15 is 0 Å². The molecule has 156 valence electrons. The third-order valence-corrected chi connectivity index (χ3v) is 5.44. The number of nitrogens with zero attached hydrogens (tertiary/aromatic N) is 2. The van der Waals surface area contributed by atoms with E-state index in [2.05, 4.69) is 9.82 Å². The Morgan fingerprint density at radius 1 is 1.03 bits per heavy atom. The van der Waals surface area contributed by atoms with Crippen molar-refractivity contribution >= 4 is 16.1 Å². The van der Waals surface area contributed by atoms with Crippen LogP contribution >= 0.6 is 0 Å². The van der Waals surface area contributed by atoms with Crippen LogP contribution in [0.1, 0.15) is 12.0 Å². The fraction of sp³-hybridized carbons (Fsp3) is 0.182. The van der Waals surface area contributed by atoms with E-state index in [0.29, 0.717) is 18.7 Å². The number of rotatable bonds is 9. The molecule has 0 saturated heterocycles. The lowest BCUT2D eigenvalue weighted by Crippen LogP contribution is -2.27. The van der Waals surface area contributed by atoms with Crippen LogP contribution in [0.3, 0.4) is 0 Å². The van der Waals surface area contributed by atoms with Crippen molar-refractivity contribution in [2.24, 2.45) is 0 Å². The standard InChI is InChI=1S/C22H23N3O4S/c1-29-20-10-8-19(9-11-20)21-12-13-22(26)25(24-21)16-5-15-23-30(27,28)17-14-18-6-3-2-4-7-18/h2-4,6-14,17,23H,5,15-16H2,1H3/b17-14+. The lowest BCUT2D eigenvalue weighted by atomic mass is 10.1. The van der Waals surface area contributed by atoms with Gasteiger partial charge in [0.25, 0.3) is 5.56 Å². The maximum absolute atomic E-state index is 12.1. The number of aryl methyl sites for hydroxylation is 1. The SMILES string of the molecule is COc1ccc(-c2ccc(=O)n(CCCNS(=O)(=O)/C=C/c3ccccc3)n2)cc1. The number of nitrogens with one attached hydrogen (secondary N) is 1. The van der Waals surface area contributed by atoms with E-state index in [0.717, 1.165) is 22.3 Å². The Balaban J connectivity index is 1.57. The van der Waals surface area contributed by atoms with Crippen molar-refractivity contribution in [1.29, 1.82) is 0 Å². The van der Waals surface area contributed by atoms with E-state index in [1.807, 2.05) is 54.6 Å². The number of aromatic nitrogens is 2. The topological polar surface area (TPSA) is 90.3 Å². The van der Waals surface area contributed by atoms with E-state index in [4.69, 9.17) is 4.74 Å². The van der Waals surface area contributed by atoms with Gasteiger partial charge >= 0.3 is 0 Å². The predicted molar refractivity (Wildman–Crippen MR) is 118 cm³/mol. The molecule has 8 heteroatoms. The van der Waals surface area contributed by atoms with Crippen molar-refractivity contribution in [3.63, 3.8) is 0 Å². The van der Waals surface area contributed by atoms with E-state index < -0.39 is 10.0 Å². The summed E-state index contributed by atoms with van der Waals surface area (Å²) in [5.74, 6) is 0.737. The quantitative estimate of drug-likeness (QED) is 0.533. The summed E-state index contributed by atoms with van der Waals surface area (Å²) in [7, 11) is -1.96. The smallest absolute Gasteiger partial charge is 0.266 e. The third-order valence-electron chi connectivity index (χ3n) is 4.34. The van der Waals surface area contributed by atoms with Gasteiger partial charge < -0.3 is 4.74 Å². The molecule has 0 aliphatic heterocycles. The van der Waals surface area contributed by atoms with Crippen molar-refractivity contribution in [2.75, 3.05) is 13.7 Å². The molecule has 1 N–H and O–H groups in total. The Labute approximate surface area is 175 Å². The minimum Gasteiger partial charge on any atom is -0.497 e. The molecule has 0 fully saturated rings. The van der Waals surface area contributed by atoms with Crippen LogP contribution in [0.25, 0.3) is 17.3 Å². The second-order valence-corrected chi connectivity index (χ2v) is 8.17. The van der Waals surface area contributed by atoms with Crippen LogP contribution in [0.4, 0.5) is 0 Å². The Bertz CT molecular complexity index is 1150. The highest BCUT2D eigenvalue weighted by Gasteiger charge is 2.06. The molecular formula is C22H23N3O4S. The first-order valence-electron chi connectivity index (χ1n) is 9.42. The van der Waals surface area contributed by atoms with E-state index in [9.17, 15) is 13.2 Å². The zero-order chi connectivity index (χ0) is 21.4. The highest BCUT2D eigenvalue weighted by atomic mass is 32.2. The van der Waals surface area contributed by atoms with Gasteiger partial charge in [-0.1, -0.05) is 30.3 Å². The second kappa shape index (κ2) is 10.00. The zero-order valence-corrected chi connectivity index (χ0v) is 17.4. The Kier molecular flexibility index (Phi) is 7.16. The van der Waals surface area contributed by atoms with Crippen LogP contribution in [-0.2, 0) is 16.6 Å². The highest BCUT2D eigenvalue weighted by Crippen LogP contribution is 2.19. The fourth-order valence-corrected chi connectivity index (χ4v) is 3.61. The number of benzene rings is 2.